The van der Waals surface area contributed by atoms with E-state index < -0.39 is 0 Å². The van der Waals surface area contributed by atoms with E-state index in [0.717, 1.165) is 50.7 Å². The Hall–Kier alpha value is -3.20. The molecule has 9 nitrogen and oxygen atoms in total. The first kappa shape index (κ1) is 18.8. The van der Waals surface area contributed by atoms with Crippen molar-refractivity contribution in [3.63, 3.8) is 0 Å². The van der Waals surface area contributed by atoms with Crippen molar-refractivity contribution in [1.29, 1.82) is 0 Å². The van der Waals surface area contributed by atoms with Crippen LogP contribution in [-0.2, 0) is 0 Å². The minimum atomic E-state index is -0.0532. The first-order chi connectivity index (χ1) is 14.6. The molecule has 0 spiro atoms. The molecule has 2 fully saturated rings. The third kappa shape index (κ3) is 3.45. The number of anilines is 4. The number of nitrogens with one attached hydrogen (secondary N) is 2. The van der Waals surface area contributed by atoms with E-state index in [-0.39, 0.29) is 11.8 Å². The third-order valence-corrected chi connectivity index (χ3v) is 6.06. The van der Waals surface area contributed by atoms with Gasteiger partial charge in [0.25, 0.3) is 0 Å². The fourth-order valence-electron chi connectivity index (χ4n) is 4.25. The van der Waals surface area contributed by atoms with E-state index in [0.29, 0.717) is 29.6 Å². The SMILES string of the molecule is C=C1NCCN2c3nc(Nc4ccc(N5CCN(C)CC5)cn4)ncc3C(=O)CC12. The van der Waals surface area contributed by atoms with Gasteiger partial charge in [0.2, 0.25) is 5.95 Å². The van der Waals surface area contributed by atoms with Crippen molar-refractivity contribution < 1.29 is 4.79 Å². The summed E-state index contributed by atoms with van der Waals surface area (Å²) in [5.74, 6) is 1.84. The maximum absolute atomic E-state index is 12.5. The summed E-state index contributed by atoms with van der Waals surface area (Å²) < 4.78 is 0. The molecule has 1 unspecified atom stereocenters. The van der Waals surface area contributed by atoms with Crippen LogP contribution in [0.4, 0.5) is 23.3 Å². The van der Waals surface area contributed by atoms with Gasteiger partial charge in [-0.1, -0.05) is 6.58 Å². The van der Waals surface area contributed by atoms with Gasteiger partial charge in [-0.2, -0.15) is 4.98 Å². The largest absolute Gasteiger partial charge is 0.385 e. The molecule has 2 aromatic rings. The smallest absolute Gasteiger partial charge is 0.230 e. The Labute approximate surface area is 175 Å². The van der Waals surface area contributed by atoms with Crippen molar-refractivity contribution in [3.8, 4) is 0 Å². The monoisotopic (exact) mass is 406 g/mol. The van der Waals surface area contributed by atoms with E-state index in [9.17, 15) is 4.79 Å². The van der Waals surface area contributed by atoms with Crippen LogP contribution in [0.3, 0.4) is 0 Å². The van der Waals surface area contributed by atoms with Crippen LogP contribution in [0.5, 0.6) is 0 Å². The van der Waals surface area contributed by atoms with E-state index in [1.807, 2.05) is 12.3 Å². The van der Waals surface area contributed by atoms with Crippen LogP contribution in [-0.4, -0.2) is 78.0 Å². The minimum Gasteiger partial charge on any atom is -0.385 e. The quantitative estimate of drug-likeness (QED) is 0.781. The minimum absolute atomic E-state index is 0.0531. The van der Waals surface area contributed by atoms with Gasteiger partial charge < -0.3 is 25.3 Å². The van der Waals surface area contributed by atoms with Gasteiger partial charge in [0.05, 0.1) is 23.5 Å². The Morgan fingerprint density at radius 2 is 1.97 bits per heavy atom. The number of carbonyl (C=O) groups is 1. The van der Waals surface area contributed by atoms with Crippen molar-refractivity contribution in [2.45, 2.75) is 12.5 Å². The van der Waals surface area contributed by atoms with Crippen molar-refractivity contribution in [2.24, 2.45) is 0 Å². The Morgan fingerprint density at radius 1 is 1.13 bits per heavy atom. The summed E-state index contributed by atoms with van der Waals surface area (Å²) in [6.45, 7) is 9.75. The molecule has 2 N–H and O–H groups in total. The van der Waals surface area contributed by atoms with Gasteiger partial charge in [-0.05, 0) is 19.2 Å². The Bertz CT molecular complexity index is 967. The average molecular weight is 406 g/mol. The molecular formula is C21H26N8O. The fourth-order valence-corrected chi connectivity index (χ4v) is 4.25. The van der Waals surface area contributed by atoms with Crippen molar-refractivity contribution in [2.75, 3.05) is 61.4 Å². The molecule has 0 aromatic carbocycles. The summed E-state index contributed by atoms with van der Waals surface area (Å²) >= 11 is 0. The number of ketones is 1. The van der Waals surface area contributed by atoms with Gasteiger partial charge in [0.15, 0.2) is 5.78 Å². The fraction of sp³-hybridized carbons (Fsp3) is 0.429. The number of aromatic nitrogens is 3. The number of Topliss-reactive ketones (excluding diaryl/α,β-unsaturated/α-hetero) is 1. The molecule has 0 radical (unpaired) electrons. The first-order valence-electron chi connectivity index (χ1n) is 10.3. The highest BCUT2D eigenvalue weighted by Gasteiger charge is 2.36. The van der Waals surface area contributed by atoms with Gasteiger partial charge in [-0.3, -0.25) is 4.79 Å². The molecule has 30 heavy (non-hydrogen) atoms. The van der Waals surface area contributed by atoms with Crippen LogP contribution in [0.15, 0.2) is 36.8 Å². The van der Waals surface area contributed by atoms with E-state index in [4.69, 9.17) is 0 Å². The topological polar surface area (TPSA) is 89.5 Å². The van der Waals surface area contributed by atoms with Crippen LogP contribution >= 0.6 is 0 Å². The third-order valence-electron chi connectivity index (χ3n) is 6.06. The van der Waals surface area contributed by atoms with E-state index in [2.05, 4.69) is 60.0 Å². The number of rotatable bonds is 3. The van der Waals surface area contributed by atoms with Crippen LogP contribution in [0.2, 0.25) is 0 Å². The maximum Gasteiger partial charge on any atom is 0.230 e. The molecule has 3 aliphatic rings. The molecule has 5 rings (SSSR count). The lowest BCUT2D eigenvalue weighted by Crippen LogP contribution is -2.53. The molecule has 0 bridgehead atoms. The molecule has 0 aliphatic carbocycles. The number of hydrogen-bond donors (Lipinski definition) is 2. The molecule has 9 heteroatoms. The number of hydrogen-bond acceptors (Lipinski definition) is 9. The second-order valence-electron chi connectivity index (χ2n) is 8.04. The predicted octanol–water partition coefficient (Wildman–Crippen LogP) is 1.25. The molecule has 3 aliphatic heterocycles. The highest BCUT2D eigenvalue weighted by molar-refractivity contribution is 6.03. The molecule has 0 amide bonds. The van der Waals surface area contributed by atoms with Crippen LogP contribution in [0.1, 0.15) is 16.8 Å². The Balaban J connectivity index is 1.34. The molecule has 5 heterocycles. The number of piperazine rings is 2. The molecule has 1 atom stereocenters. The second-order valence-corrected chi connectivity index (χ2v) is 8.04. The molecule has 0 saturated carbocycles. The summed E-state index contributed by atoms with van der Waals surface area (Å²) in [6, 6.07) is 3.96. The zero-order chi connectivity index (χ0) is 20.7. The van der Waals surface area contributed by atoms with Gasteiger partial charge in [0.1, 0.15) is 11.6 Å². The zero-order valence-electron chi connectivity index (χ0n) is 17.1. The van der Waals surface area contributed by atoms with Crippen molar-refractivity contribution in [3.05, 3.63) is 42.4 Å². The van der Waals surface area contributed by atoms with Crippen LogP contribution in [0, 0.1) is 0 Å². The van der Waals surface area contributed by atoms with E-state index in [1.165, 1.54) is 0 Å². The summed E-state index contributed by atoms with van der Waals surface area (Å²) in [5, 5.41) is 6.43. The van der Waals surface area contributed by atoms with Gasteiger partial charge in [-0.15, -0.1) is 0 Å². The summed E-state index contributed by atoms with van der Waals surface area (Å²) in [7, 11) is 2.15. The summed E-state index contributed by atoms with van der Waals surface area (Å²) in [5.41, 5.74) is 2.56. The number of carbonyl (C=O) groups excluding carboxylic acids is 1. The number of likely N-dealkylation sites (N-methyl/N-ethyl adjacent to an activating group) is 1. The maximum atomic E-state index is 12.5. The number of pyridine rings is 1. The van der Waals surface area contributed by atoms with Crippen LogP contribution < -0.4 is 20.4 Å². The Morgan fingerprint density at radius 3 is 2.73 bits per heavy atom. The zero-order valence-corrected chi connectivity index (χ0v) is 17.1. The average Bonchev–Trinajstić information content (AvgIpc) is 2.76. The first-order valence-corrected chi connectivity index (χ1v) is 10.3. The highest BCUT2D eigenvalue weighted by Crippen LogP contribution is 2.33. The predicted molar refractivity (Wildman–Crippen MR) is 116 cm³/mol. The second kappa shape index (κ2) is 7.56. The molecular weight excluding hydrogens is 380 g/mol. The summed E-state index contributed by atoms with van der Waals surface area (Å²) in [4.78, 5) is 32.9. The lowest BCUT2D eigenvalue weighted by atomic mass is 9.95. The van der Waals surface area contributed by atoms with Gasteiger partial charge in [-0.25, -0.2) is 9.97 Å². The molecule has 2 aromatic heterocycles. The van der Waals surface area contributed by atoms with Gasteiger partial charge in [0, 0.05) is 57.6 Å². The lowest BCUT2D eigenvalue weighted by molar-refractivity contribution is 0.0967. The lowest BCUT2D eigenvalue weighted by Gasteiger charge is -2.41. The van der Waals surface area contributed by atoms with E-state index >= 15 is 0 Å². The standard InChI is InChI=1S/C21H26N8O/c1-14-17-11-18(30)16-13-24-21(26-20(16)29(17)6-5-22-14)25-19-4-3-15(12-23-19)28-9-7-27(2)8-10-28/h3-4,12-13,17,22H,1,5-11H2,2H3,(H,23,24,25,26). The number of nitrogens with zero attached hydrogens (tertiary/aromatic N) is 6. The van der Waals surface area contributed by atoms with E-state index in [1.54, 1.807) is 6.20 Å². The summed E-state index contributed by atoms with van der Waals surface area (Å²) in [6.07, 6.45) is 3.91. The highest BCUT2D eigenvalue weighted by atomic mass is 16.1. The van der Waals surface area contributed by atoms with Crippen LogP contribution in [0.25, 0.3) is 0 Å². The number of fused-ring (bicyclic) bond motifs is 3. The Kier molecular flexibility index (Phi) is 4.74. The molecule has 2 saturated heterocycles. The van der Waals surface area contributed by atoms with Crippen molar-refractivity contribution in [1.82, 2.24) is 25.2 Å². The van der Waals surface area contributed by atoms with Gasteiger partial charge >= 0.3 is 0 Å². The molecule has 156 valence electrons. The van der Waals surface area contributed by atoms with Crippen molar-refractivity contribution >= 4 is 29.1 Å². The normalized spacial score (nSPS) is 21.7.